The predicted molar refractivity (Wildman–Crippen MR) is 123 cm³/mol. The summed E-state index contributed by atoms with van der Waals surface area (Å²) in [5, 5.41) is 8.96. The van der Waals surface area contributed by atoms with Crippen LogP contribution in [-0.4, -0.2) is 24.8 Å². The van der Waals surface area contributed by atoms with Crippen molar-refractivity contribution in [1.82, 2.24) is 0 Å². The Hall–Kier alpha value is -3.65. The molecule has 0 aromatic heterocycles. The first-order valence-corrected chi connectivity index (χ1v) is 9.97. The number of hydrogen-bond acceptors (Lipinski definition) is 3. The van der Waals surface area contributed by atoms with Crippen molar-refractivity contribution in [3.63, 3.8) is 0 Å². The molecule has 0 radical (unpaired) electrons. The van der Waals surface area contributed by atoms with Gasteiger partial charge in [0.25, 0.3) is 0 Å². The Bertz CT molecular complexity index is 1100. The van der Waals surface area contributed by atoms with Crippen LogP contribution in [0.15, 0.2) is 78.9 Å². The molecule has 0 aliphatic rings. The average Bonchev–Trinajstić information content (AvgIpc) is 2.81. The second kappa shape index (κ2) is 10.9. The summed E-state index contributed by atoms with van der Waals surface area (Å²) in [7, 11) is 1.63. The van der Waals surface area contributed by atoms with Crippen LogP contribution in [0.4, 0.5) is 0 Å². The molecule has 0 saturated heterocycles. The maximum Gasteiger partial charge on any atom is 0.335 e. The lowest BCUT2D eigenvalue weighted by Gasteiger charge is -2.16. The Morgan fingerprint density at radius 1 is 1.03 bits per heavy atom. The Morgan fingerprint density at radius 3 is 2.39 bits per heavy atom. The molecule has 0 bridgehead atoms. The molecule has 0 spiro atoms. The molecule has 1 atom stereocenters. The molecule has 31 heavy (non-hydrogen) atoms. The van der Waals surface area contributed by atoms with Crippen LogP contribution in [0, 0.1) is 11.8 Å². The molecule has 156 valence electrons. The summed E-state index contributed by atoms with van der Waals surface area (Å²) < 4.78 is 11.0. The van der Waals surface area contributed by atoms with Crippen LogP contribution in [0.3, 0.4) is 0 Å². The van der Waals surface area contributed by atoms with Gasteiger partial charge >= 0.3 is 5.97 Å². The quantitative estimate of drug-likeness (QED) is 0.394. The van der Waals surface area contributed by atoms with Crippen molar-refractivity contribution < 1.29 is 19.4 Å². The number of carboxylic acid groups (broad SMARTS) is 1. The Balaban J connectivity index is 1.77. The fourth-order valence-electron chi connectivity index (χ4n) is 3.13. The van der Waals surface area contributed by atoms with E-state index in [1.807, 2.05) is 43.3 Å². The molecule has 0 fully saturated rings. The number of carbonyl (C=O) groups is 1. The third kappa shape index (κ3) is 5.93. The topological polar surface area (TPSA) is 55.8 Å². The second-order valence-corrected chi connectivity index (χ2v) is 6.72. The van der Waals surface area contributed by atoms with Gasteiger partial charge in [-0.15, -0.1) is 0 Å². The van der Waals surface area contributed by atoms with Crippen molar-refractivity contribution in [2.24, 2.45) is 0 Å². The van der Waals surface area contributed by atoms with Gasteiger partial charge in [0.15, 0.2) is 6.29 Å². The smallest absolute Gasteiger partial charge is 0.335 e. The third-order valence-corrected chi connectivity index (χ3v) is 4.68. The number of carboxylic acids is 1. The number of ether oxygens (including phenoxy) is 2. The molecule has 4 heteroatoms. The monoisotopic (exact) mass is 412 g/mol. The van der Waals surface area contributed by atoms with E-state index in [0.717, 1.165) is 27.8 Å². The van der Waals surface area contributed by atoms with Gasteiger partial charge in [-0.05, 0) is 60.0 Å². The molecule has 0 heterocycles. The lowest BCUT2D eigenvalue weighted by atomic mass is 9.98. The van der Waals surface area contributed by atoms with Crippen LogP contribution >= 0.6 is 0 Å². The van der Waals surface area contributed by atoms with Gasteiger partial charge in [0.2, 0.25) is 0 Å². The normalized spacial score (nSPS) is 11.7. The number of rotatable bonds is 7. The van der Waals surface area contributed by atoms with Gasteiger partial charge in [-0.3, -0.25) is 0 Å². The molecule has 3 aromatic carbocycles. The molecule has 0 saturated carbocycles. The van der Waals surface area contributed by atoms with Crippen LogP contribution in [0.1, 0.15) is 40.3 Å². The largest absolute Gasteiger partial charge is 0.478 e. The van der Waals surface area contributed by atoms with Crippen molar-refractivity contribution in [3.05, 3.63) is 101 Å². The second-order valence-electron chi connectivity index (χ2n) is 6.72. The van der Waals surface area contributed by atoms with Gasteiger partial charge < -0.3 is 14.6 Å². The lowest BCUT2D eigenvalue weighted by Crippen LogP contribution is -2.06. The van der Waals surface area contributed by atoms with Crippen LogP contribution < -0.4 is 0 Å². The van der Waals surface area contributed by atoms with Gasteiger partial charge in [-0.25, -0.2) is 4.79 Å². The van der Waals surface area contributed by atoms with Gasteiger partial charge in [-0.1, -0.05) is 60.4 Å². The Labute approximate surface area is 182 Å². The van der Waals surface area contributed by atoms with E-state index in [-0.39, 0.29) is 11.9 Å². The van der Waals surface area contributed by atoms with E-state index >= 15 is 0 Å². The summed E-state index contributed by atoms with van der Waals surface area (Å²) in [5.74, 6) is 5.09. The van der Waals surface area contributed by atoms with Crippen LogP contribution in [0.5, 0.6) is 0 Å². The van der Waals surface area contributed by atoms with Crippen molar-refractivity contribution in [3.8, 4) is 23.0 Å². The number of hydrogen-bond donors (Lipinski definition) is 1. The molecule has 4 nitrogen and oxygen atoms in total. The highest BCUT2D eigenvalue weighted by Gasteiger charge is 2.10. The summed E-state index contributed by atoms with van der Waals surface area (Å²) in [5.41, 5.74) is 5.23. The summed E-state index contributed by atoms with van der Waals surface area (Å²) in [4.78, 5) is 10.9. The number of benzene rings is 3. The highest BCUT2D eigenvalue weighted by Crippen LogP contribution is 2.27. The first-order chi connectivity index (χ1) is 15.1. The molecule has 1 unspecified atom stereocenters. The molecule has 3 rings (SSSR count). The highest BCUT2D eigenvalue weighted by molar-refractivity contribution is 5.87. The molecule has 0 amide bonds. The van der Waals surface area contributed by atoms with E-state index in [4.69, 9.17) is 14.6 Å². The van der Waals surface area contributed by atoms with E-state index in [0.29, 0.717) is 6.61 Å². The minimum atomic E-state index is -0.945. The van der Waals surface area contributed by atoms with Crippen molar-refractivity contribution in [2.75, 3.05) is 13.7 Å². The average molecular weight is 412 g/mol. The predicted octanol–water partition coefficient (Wildman–Crippen LogP) is 5.80. The lowest BCUT2D eigenvalue weighted by molar-refractivity contribution is -0.124. The van der Waals surface area contributed by atoms with Gasteiger partial charge in [0.1, 0.15) is 0 Å². The van der Waals surface area contributed by atoms with Crippen molar-refractivity contribution >= 4 is 12.0 Å². The van der Waals surface area contributed by atoms with Gasteiger partial charge in [0, 0.05) is 24.8 Å². The van der Waals surface area contributed by atoms with Crippen LogP contribution in [0.25, 0.3) is 17.2 Å². The zero-order valence-corrected chi connectivity index (χ0v) is 17.5. The number of methoxy groups -OCH3 is 1. The SMILES string of the molecule is CCOC(OC)c1ccc(-c2ccccc2C=CC#Cc2ccc(C(=O)O)cc2)cc1. The standard InChI is InChI=1S/C27H24O4/c1-3-31-27(30-2)24-18-16-22(17-19-24)25-11-7-6-10-21(25)9-5-4-8-20-12-14-23(15-13-20)26(28)29/h5-7,9-19,27H,3H2,1-2H3,(H,28,29). The van der Waals surface area contributed by atoms with Crippen molar-refractivity contribution in [1.29, 1.82) is 0 Å². The minimum Gasteiger partial charge on any atom is -0.478 e. The molecular formula is C27H24O4. The number of allylic oxidation sites excluding steroid dienone is 1. The zero-order chi connectivity index (χ0) is 22.1. The van der Waals surface area contributed by atoms with Gasteiger partial charge in [-0.2, -0.15) is 0 Å². The first kappa shape index (κ1) is 22.0. The summed E-state index contributed by atoms with van der Waals surface area (Å²) >= 11 is 0. The van der Waals surface area contributed by atoms with Crippen molar-refractivity contribution in [2.45, 2.75) is 13.2 Å². The molecule has 3 aromatic rings. The Morgan fingerprint density at radius 2 is 1.74 bits per heavy atom. The van der Waals surface area contributed by atoms with E-state index in [1.54, 1.807) is 37.5 Å². The third-order valence-electron chi connectivity index (χ3n) is 4.68. The first-order valence-electron chi connectivity index (χ1n) is 9.97. The maximum atomic E-state index is 10.9. The summed E-state index contributed by atoms with van der Waals surface area (Å²) in [6, 6.07) is 22.8. The molecule has 1 N–H and O–H groups in total. The summed E-state index contributed by atoms with van der Waals surface area (Å²) in [6.07, 6.45) is 3.41. The van der Waals surface area contributed by atoms with Gasteiger partial charge in [0.05, 0.1) is 5.56 Å². The number of aromatic carboxylic acids is 1. The summed E-state index contributed by atoms with van der Waals surface area (Å²) in [6.45, 7) is 2.52. The molecule has 0 aliphatic carbocycles. The van der Waals surface area contributed by atoms with Crippen LogP contribution in [-0.2, 0) is 9.47 Å². The molecule has 0 aliphatic heterocycles. The van der Waals surface area contributed by atoms with E-state index in [1.165, 1.54) is 0 Å². The van der Waals surface area contributed by atoms with E-state index in [2.05, 4.69) is 30.0 Å². The minimum absolute atomic E-state index is 0.249. The Kier molecular flexibility index (Phi) is 7.78. The maximum absolute atomic E-state index is 10.9. The fourth-order valence-corrected chi connectivity index (χ4v) is 3.13. The van der Waals surface area contributed by atoms with E-state index in [9.17, 15) is 4.79 Å². The fraction of sp³-hybridized carbons (Fsp3) is 0.148. The van der Waals surface area contributed by atoms with Crippen LogP contribution in [0.2, 0.25) is 0 Å². The highest BCUT2D eigenvalue weighted by atomic mass is 16.7. The zero-order valence-electron chi connectivity index (χ0n) is 17.5. The molecular weight excluding hydrogens is 388 g/mol. The van der Waals surface area contributed by atoms with E-state index < -0.39 is 5.97 Å².